The van der Waals surface area contributed by atoms with Gasteiger partial charge in [0, 0.05) is 6.42 Å². The summed E-state index contributed by atoms with van der Waals surface area (Å²) in [6.07, 6.45) is 58.5. The molecule has 3 N–H and O–H groups in total. The number of hydrogen-bond acceptors (Lipinski definition) is 5. The van der Waals surface area contributed by atoms with Crippen molar-refractivity contribution in [3.05, 3.63) is 60.8 Å². The van der Waals surface area contributed by atoms with Crippen LogP contribution in [-0.2, 0) is 14.3 Å². The lowest BCUT2D eigenvalue weighted by Crippen LogP contribution is -2.46. The molecule has 0 aliphatic heterocycles. The van der Waals surface area contributed by atoms with E-state index >= 15 is 0 Å². The van der Waals surface area contributed by atoms with Crippen LogP contribution in [0.15, 0.2) is 60.8 Å². The molecule has 0 saturated heterocycles. The van der Waals surface area contributed by atoms with E-state index in [1.165, 1.54) is 128 Å². The average molecular weight is 840 g/mol. The Balaban J connectivity index is 4.65. The van der Waals surface area contributed by atoms with Crippen LogP contribution < -0.4 is 5.32 Å². The van der Waals surface area contributed by atoms with Gasteiger partial charge in [0.15, 0.2) is 0 Å². The van der Waals surface area contributed by atoms with E-state index in [0.29, 0.717) is 19.3 Å². The number of esters is 1. The zero-order chi connectivity index (χ0) is 43.8. The second-order valence-corrected chi connectivity index (χ2v) is 17.3. The highest BCUT2D eigenvalue weighted by Crippen LogP contribution is 2.18. The Hall–Kier alpha value is -2.44. The number of nitrogens with one attached hydrogen (secondary N) is 1. The minimum atomic E-state index is -0.798. The van der Waals surface area contributed by atoms with E-state index < -0.39 is 18.2 Å². The molecule has 0 rings (SSSR count). The summed E-state index contributed by atoms with van der Waals surface area (Å²) in [6.45, 7) is 6.37. The van der Waals surface area contributed by atoms with Crippen LogP contribution in [0.2, 0.25) is 0 Å². The lowest BCUT2D eigenvalue weighted by molar-refractivity contribution is -0.151. The molecule has 60 heavy (non-hydrogen) atoms. The van der Waals surface area contributed by atoms with Gasteiger partial charge >= 0.3 is 5.97 Å². The molecule has 0 fully saturated rings. The predicted molar refractivity (Wildman–Crippen MR) is 259 cm³/mol. The zero-order valence-corrected chi connectivity index (χ0v) is 39.6. The number of aliphatic hydroxyl groups excluding tert-OH is 2. The number of amides is 1. The molecule has 6 nitrogen and oxygen atoms in total. The number of rotatable bonds is 45. The summed E-state index contributed by atoms with van der Waals surface area (Å²) in [4.78, 5) is 26.1. The number of carbonyl (C=O) groups excluding carboxylic acids is 2. The minimum absolute atomic E-state index is 0.0500. The molecule has 6 heteroatoms. The normalized spacial score (nSPS) is 13.8. The van der Waals surface area contributed by atoms with Gasteiger partial charge in [-0.25, -0.2) is 0 Å². The SMILES string of the molecule is CCC/C=C/C=C/C=C/C=C/C=C/CCCCCC(CC(=O)NC(CO)C(O)CCCCCCCCCCC)OC(=O)CCCCCCCCCCCCCCCCCC. The largest absolute Gasteiger partial charge is 0.462 e. The van der Waals surface area contributed by atoms with E-state index in [4.69, 9.17) is 4.74 Å². The minimum Gasteiger partial charge on any atom is -0.462 e. The van der Waals surface area contributed by atoms with Crippen molar-refractivity contribution in [1.82, 2.24) is 5.32 Å². The van der Waals surface area contributed by atoms with Crippen LogP contribution in [0.4, 0.5) is 0 Å². The second-order valence-electron chi connectivity index (χ2n) is 17.3. The van der Waals surface area contributed by atoms with Gasteiger partial charge in [-0.1, -0.05) is 248 Å². The van der Waals surface area contributed by atoms with Crippen molar-refractivity contribution >= 4 is 11.9 Å². The summed E-state index contributed by atoms with van der Waals surface area (Å²) in [5.41, 5.74) is 0. The topological polar surface area (TPSA) is 95.9 Å². The van der Waals surface area contributed by atoms with Gasteiger partial charge in [-0.3, -0.25) is 9.59 Å². The monoisotopic (exact) mass is 840 g/mol. The van der Waals surface area contributed by atoms with Crippen LogP contribution in [0.1, 0.15) is 245 Å². The number of allylic oxidation sites excluding steroid dienone is 10. The molecule has 1 amide bonds. The maximum Gasteiger partial charge on any atom is 0.306 e. The maximum absolute atomic E-state index is 13.2. The fourth-order valence-corrected chi connectivity index (χ4v) is 7.58. The molecule has 0 radical (unpaired) electrons. The Bertz CT molecular complexity index is 1080. The number of carbonyl (C=O) groups is 2. The third-order valence-electron chi connectivity index (χ3n) is 11.5. The lowest BCUT2D eigenvalue weighted by atomic mass is 10.0. The summed E-state index contributed by atoms with van der Waals surface area (Å²) >= 11 is 0. The molecule has 0 aliphatic rings. The Kier molecular flexibility index (Phi) is 45.7. The highest BCUT2D eigenvalue weighted by atomic mass is 16.5. The van der Waals surface area contributed by atoms with E-state index in [0.717, 1.165) is 70.6 Å². The molecule has 0 aromatic carbocycles. The molecular weight excluding hydrogens is 743 g/mol. The molecule has 0 heterocycles. The van der Waals surface area contributed by atoms with Crippen LogP contribution in [0.5, 0.6) is 0 Å². The first-order chi connectivity index (χ1) is 29.5. The van der Waals surface area contributed by atoms with Crippen LogP contribution in [0.3, 0.4) is 0 Å². The van der Waals surface area contributed by atoms with Gasteiger partial charge in [0.05, 0.1) is 25.2 Å². The zero-order valence-electron chi connectivity index (χ0n) is 39.6. The number of aliphatic hydroxyl groups is 2. The standard InChI is InChI=1S/C54H97NO5/c1-4-7-10-13-16-19-21-23-25-27-29-31-34-36-39-42-45-50(48-53(58)55-51(49-56)52(57)46-43-40-37-33-18-15-12-9-6-3)60-54(59)47-44-41-38-35-32-30-28-26-24-22-20-17-14-11-8-5-2/h10,13,16,19,21,23,25,27,29,31,50-52,56-57H,4-9,11-12,14-15,17-18,20,22,24,26,28,30,32-49H2,1-3H3,(H,55,58)/b13-10+,19-16+,23-21+,27-25+,31-29+. The first-order valence-electron chi connectivity index (χ1n) is 25.6. The Morgan fingerprint density at radius 1 is 0.483 bits per heavy atom. The molecule has 0 aromatic heterocycles. The number of hydrogen-bond donors (Lipinski definition) is 3. The lowest BCUT2D eigenvalue weighted by Gasteiger charge is -2.24. The van der Waals surface area contributed by atoms with Crippen LogP contribution in [-0.4, -0.2) is 46.9 Å². The van der Waals surface area contributed by atoms with Gasteiger partial charge in [-0.05, 0) is 44.9 Å². The number of unbranched alkanes of at least 4 members (excludes halogenated alkanes) is 27. The van der Waals surface area contributed by atoms with Gasteiger partial charge in [0.25, 0.3) is 0 Å². The van der Waals surface area contributed by atoms with Gasteiger partial charge in [-0.15, -0.1) is 0 Å². The van der Waals surface area contributed by atoms with E-state index in [1.54, 1.807) is 0 Å². The second kappa shape index (κ2) is 47.6. The van der Waals surface area contributed by atoms with Crippen molar-refractivity contribution in [3.63, 3.8) is 0 Å². The van der Waals surface area contributed by atoms with Crippen molar-refractivity contribution < 1.29 is 24.5 Å². The van der Waals surface area contributed by atoms with Gasteiger partial charge in [-0.2, -0.15) is 0 Å². The van der Waals surface area contributed by atoms with Crippen LogP contribution in [0.25, 0.3) is 0 Å². The molecule has 3 atom stereocenters. The molecule has 0 saturated carbocycles. The fourth-order valence-electron chi connectivity index (χ4n) is 7.58. The first kappa shape index (κ1) is 57.6. The van der Waals surface area contributed by atoms with E-state index in [2.05, 4.69) is 50.4 Å². The Morgan fingerprint density at radius 2 is 0.883 bits per heavy atom. The summed E-state index contributed by atoms with van der Waals surface area (Å²) in [5.74, 6) is -0.512. The summed E-state index contributed by atoms with van der Waals surface area (Å²) in [7, 11) is 0. The molecule has 0 spiro atoms. The van der Waals surface area contributed by atoms with Crippen molar-refractivity contribution in [1.29, 1.82) is 0 Å². The summed E-state index contributed by atoms with van der Waals surface area (Å²) < 4.78 is 5.92. The van der Waals surface area contributed by atoms with Gasteiger partial charge in [0.1, 0.15) is 6.10 Å². The Labute approximate surface area is 371 Å². The molecule has 348 valence electrons. The highest BCUT2D eigenvalue weighted by Gasteiger charge is 2.24. The summed E-state index contributed by atoms with van der Waals surface area (Å²) in [6, 6.07) is -0.714. The number of ether oxygens (including phenoxy) is 1. The molecule has 3 unspecified atom stereocenters. The third-order valence-corrected chi connectivity index (χ3v) is 11.5. The maximum atomic E-state index is 13.2. The van der Waals surface area contributed by atoms with Crippen molar-refractivity contribution in [2.24, 2.45) is 0 Å². The molecular formula is C54H97NO5. The van der Waals surface area contributed by atoms with Gasteiger partial charge in [0.2, 0.25) is 5.91 Å². The molecule has 0 aromatic rings. The van der Waals surface area contributed by atoms with Crippen molar-refractivity contribution in [3.8, 4) is 0 Å². The van der Waals surface area contributed by atoms with Crippen LogP contribution in [0, 0.1) is 0 Å². The smallest absolute Gasteiger partial charge is 0.306 e. The molecule has 0 bridgehead atoms. The Morgan fingerprint density at radius 3 is 1.35 bits per heavy atom. The highest BCUT2D eigenvalue weighted by molar-refractivity contribution is 5.77. The van der Waals surface area contributed by atoms with Crippen LogP contribution >= 0.6 is 0 Å². The molecule has 0 aliphatic carbocycles. The third kappa shape index (κ3) is 42.3. The van der Waals surface area contributed by atoms with E-state index in [1.807, 2.05) is 36.5 Å². The average Bonchev–Trinajstić information content (AvgIpc) is 3.24. The predicted octanol–water partition coefficient (Wildman–Crippen LogP) is 15.2. The van der Waals surface area contributed by atoms with Crippen molar-refractivity contribution in [2.45, 2.75) is 264 Å². The van der Waals surface area contributed by atoms with Crippen molar-refractivity contribution in [2.75, 3.05) is 6.61 Å². The van der Waals surface area contributed by atoms with E-state index in [-0.39, 0.29) is 24.9 Å². The first-order valence-corrected chi connectivity index (χ1v) is 25.6. The van der Waals surface area contributed by atoms with Gasteiger partial charge < -0.3 is 20.3 Å². The summed E-state index contributed by atoms with van der Waals surface area (Å²) in [5, 5.41) is 23.7. The fraction of sp³-hybridized carbons (Fsp3) is 0.778. The quantitative estimate of drug-likeness (QED) is 0.0322. The van der Waals surface area contributed by atoms with E-state index in [9.17, 15) is 19.8 Å².